The minimum absolute atomic E-state index is 0.0450. The standard InChI is InChI=1S/C14H21NO5S/c1-19-10-7-8-14(13(9-10)20-2)21(17,18)15-11-5-3-4-6-12(11)16/h7-9,11-12,15-16H,3-6H2,1-2H3/t11-,12-/m1/s1. The molecule has 118 valence electrons. The second kappa shape index (κ2) is 6.64. The van der Waals surface area contributed by atoms with E-state index in [-0.39, 0.29) is 10.6 Å². The zero-order valence-electron chi connectivity index (χ0n) is 12.2. The average molecular weight is 315 g/mol. The third-order valence-corrected chi connectivity index (χ3v) is 5.23. The molecule has 0 radical (unpaired) electrons. The Labute approximate surface area is 125 Å². The van der Waals surface area contributed by atoms with Gasteiger partial charge in [0.2, 0.25) is 10.0 Å². The zero-order valence-corrected chi connectivity index (χ0v) is 13.0. The van der Waals surface area contributed by atoms with Crippen LogP contribution in [0.25, 0.3) is 0 Å². The second-order valence-corrected chi connectivity index (χ2v) is 6.78. The largest absolute Gasteiger partial charge is 0.497 e. The highest BCUT2D eigenvalue weighted by atomic mass is 32.2. The molecule has 21 heavy (non-hydrogen) atoms. The summed E-state index contributed by atoms with van der Waals surface area (Å²) in [7, 11) is -0.846. The van der Waals surface area contributed by atoms with Crippen LogP contribution in [0.1, 0.15) is 25.7 Å². The number of ether oxygens (including phenoxy) is 2. The number of methoxy groups -OCH3 is 2. The molecule has 1 saturated carbocycles. The molecule has 2 N–H and O–H groups in total. The molecule has 6 nitrogen and oxygen atoms in total. The summed E-state index contributed by atoms with van der Waals surface area (Å²) in [6.07, 6.45) is 2.44. The van der Waals surface area contributed by atoms with Crippen LogP contribution in [0, 0.1) is 0 Å². The van der Waals surface area contributed by atoms with Crippen molar-refractivity contribution in [2.45, 2.75) is 42.7 Å². The highest BCUT2D eigenvalue weighted by Crippen LogP contribution is 2.29. The lowest BCUT2D eigenvalue weighted by Gasteiger charge is -2.28. The van der Waals surface area contributed by atoms with E-state index in [1.807, 2.05) is 0 Å². The molecule has 1 aromatic rings. The van der Waals surface area contributed by atoms with E-state index in [2.05, 4.69) is 4.72 Å². The summed E-state index contributed by atoms with van der Waals surface area (Å²) in [6, 6.07) is 4.07. The van der Waals surface area contributed by atoms with E-state index in [1.165, 1.54) is 26.4 Å². The molecule has 1 fully saturated rings. The first-order valence-corrected chi connectivity index (χ1v) is 8.38. The lowest BCUT2D eigenvalue weighted by Crippen LogP contribution is -2.45. The molecule has 2 rings (SSSR count). The van der Waals surface area contributed by atoms with Crippen LogP contribution in [0.3, 0.4) is 0 Å². The maximum atomic E-state index is 12.5. The van der Waals surface area contributed by atoms with Gasteiger partial charge in [-0.15, -0.1) is 0 Å². The normalized spacial score (nSPS) is 22.8. The van der Waals surface area contributed by atoms with Crippen molar-refractivity contribution in [3.05, 3.63) is 18.2 Å². The summed E-state index contributed by atoms with van der Waals surface area (Å²) in [5, 5.41) is 9.91. The van der Waals surface area contributed by atoms with Crippen molar-refractivity contribution in [3.63, 3.8) is 0 Å². The predicted molar refractivity (Wildman–Crippen MR) is 78.1 cm³/mol. The lowest BCUT2D eigenvalue weighted by molar-refractivity contribution is 0.101. The summed E-state index contributed by atoms with van der Waals surface area (Å²) < 4.78 is 37.7. The molecule has 0 aliphatic heterocycles. The van der Waals surface area contributed by atoms with E-state index in [0.717, 1.165) is 12.8 Å². The minimum Gasteiger partial charge on any atom is -0.497 e. The highest BCUT2D eigenvalue weighted by Gasteiger charge is 2.29. The van der Waals surface area contributed by atoms with Crippen molar-refractivity contribution in [2.24, 2.45) is 0 Å². The van der Waals surface area contributed by atoms with Gasteiger partial charge in [0.15, 0.2) is 0 Å². The maximum Gasteiger partial charge on any atom is 0.244 e. The molecule has 2 atom stereocenters. The molecule has 0 heterocycles. The van der Waals surface area contributed by atoms with Crippen LogP contribution in [-0.4, -0.2) is 39.9 Å². The van der Waals surface area contributed by atoms with Crippen molar-refractivity contribution in [1.82, 2.24) is 4.72 Å². The van der Waals surface area contributed by atoms with E-state index in [0.29, 0.717) is 18.6 Å². The van der Waals surface area contributed by atoms with Crippen molar-refractivity contribution < 1.29 is 23.0 Å². The molecular formula is C14H21NO5S. The highest BCUT2D eigenvalue weighted by molar-refractivity contribution is 7.89. The summed E-state index contributed by atoms with van der Waals surface area (Å²) >= 11 is 0. The van der Waals surface area contributed by atoms with Gasteiger partial charge in [0.1, 0.15) is 16.4 Å². The van der Waals surface area contributed by atoms with E-state index in [1.54, 1.807) is 6.07 Å². The Bertz CT molecular complexity index is 587. The fourth-order valence-corrected chi connectivity index (χ4v) is 3.96. The van der Waals surface area contributed by atoms with E-state index < -0.39 is 22.2 Å². The predicted octanol–water partition coefficient (Wildman–Crippen LogP) is 1.29. The topological polar surface area (TPSA) is 84.9 Å². The van der Waals surface area contributed by atoms with Crippen LogP contribution in [0.2, 0.25) is 0 Å². The monoisotopic (exact) mass is 315 g/mol. The van der Waals surface area contributed by atoms with Gasteiger partial charge in [0.05, 0.1) is 20.3 Å². The lowest BCUT2D eigenvalue weighted by atomic mass is 9.93. The van der Waals surface area contributed by atoms with Gasteiger partial charge in [-0.1, -0.05) is 12.8 Å². The molecule has 0 bridgehead atoms. The van der Waals surface area contributed by atoms with Crippen LogP contribution in [0.15, 0.2) is 23.1 Å². The number of aliphatic hydroxyl groups is 1. The minimum atomic E-state index is -3.75. The molecule has 0 saturated heterocycles. The Hall–Kier alpha value is -1.31. The van der Waals surface area contributed by atoms with Crippen LogP contribution in [-0.2, 0) is 10.0 Å². The molecule has 1 aliphatic carbocycles. The summed E-state index contributed by atoms with van der Waals surface area (Å²) in [5.41, 5.74) is 0. The van der Waals surface area contributed by atoms with Crippen LogP contribution in [0.4, 0.5) is 0 Å². The van der Waals surface area contributed by atoms with Crippen molar-refractivity contribution in [3.8, 4) is 11.5 Å². The second-order valence-electron chi connectivity index (χ2n) is 5.10. The van der Waals surface area contributed by atoms with E-state index >= 15 is 0 Å². The van der Waals surface area contributed by atoms with Gasteiger partial charge in [0.25, 0.3) is 0 Å². The SMILES string of the molecule is COc1ccc(S(=O)(=O)N[C@@H]2CCCC[C@H]2O)c(OC)c1. The number of sulfonamides is 1. The smallest absolute Gasteiger partial charge is 0.244 e. The number of rotatable bonds is 5. The molecule has 0 spiro atoms. The molecule has 0 amide bonds. The van der Waals surface area contributed by atoms with Crippen LogP contribution in [0.5, 0.6) is 11.5 Å². The maximum absolute atomic E-state index is 12.5. The fourth-order valence-electron chi connectivity index (χ4n) is 2.51. The molecule has 7 heteroatoms. The zero-order chi connectivity index (χ0) is 15.5. The van der Waals surface area contributed by atoms with Crippen LogP contribution < -0.4 is 14.2 Å². The third-order valence-electron chi connectivity index (χ3n) is 3.70. The van der Waals surface area contributed by atoms with Gasteiger partial charge in [-0.3, -0.25) is 0 Å². The Morgan fingerprint density at radius 2 is 1.90 bits per heavy atom. The summed E-state index contributed by atoms with van der Waals surface area (Å²) in [5.74, 6) is 0.732. The van der Waals surface area contributed by atoms with Crippen LogP contribution >= 0.6 is 0 Å². The summed E-state index contributed by atoms with van der Waals surface area (Å²) in [4.78, 5) is 0.0450. The number of hydrogen-bond donors (Lipinski definition) is 2. The first kappa shape index (κ1) is 16.1. The Balaban J connectivity index is 2.26. The van der Waals surface area contributed by atoms with Crippen molar-refractivity contribution in [2.75, 3.05) is 14.2 Å². The van der Waals surface area contributed by atoms with Gasteiger partial charge in [-0.05, 0) is 25.0 Å². The van der Waals surface area contributed by atoms with Gasteiger partial charge in [-0.2, -0.15) is 0 Å². The Kier molecular flexibility index (Phi) is 5.08. The van der Waals surface area contributed by atoms with Gasteiger partial charge in [-0.25, -0.2) is 13.1 Å². The Morgan fingerprint density at radius 1 is 1.19 bits per heavy atom. The number of hydrogen-bond acceptors (Lipinski definition) is 5. The number of nitrogens with one attached hydrogen (secondary N) is 1. The van der Waals surface area contributed by atoms with Gasteiger partial charge in [0, 0.05) is 12.1 Å². The van der Waals surface area contributed by atoms with Gasteiger partial charge < -0.3 is 14.6 Å². The molecule has 1 aromatic carbocycles. The first-order chi connectivity index (χ1) is 9.97. The third kappa shape index (κ3) is 3.66. The molecule has 0 aromatic heterocycles. The first-order valence-electron chi connectivity index (χ1n) is 6.90. The average Bonchev–Trinajstić information content (AvgIpc) is 2.48. The molecule has 1 aliphatic rings. The molecular weight excluding hydrogens is 294 g/mol. The Morgan fingerprint density at radius 3 is 2.52 bits per heavy atom. The van der Waals surface area contributed by atoms with E-state index in [9.17, 15) is 13.5 Å². The number of aliphatic hydroxyl groups excluding tert-OH is 1. The van der Waals surface area contributed by atoms with Crippen molar-refractivity contribution >= 4 is 10.0 Å². The van der Waals surface area contributed by atoms with Gasteiger partial charge >= 0.3 is 0 Å². The quantitative estimate of drug-likeness (QED) is 0.855. The number of benzene rings is 1. The fraction of sp³-hybridized carbons (Fsp3) is 0.571. The summed E-state index contributed by atoms with van der Waals surface area (Å²) in [6.45, 7) is 0. The molecule has 0 unspecified atom stereocenters. The van der Waals surface area contributed by atoms with E-state index in [4.69, 9.17) is 9.47 Å². The van der Waals surface area contributed by atoms with Crippen molar-refractivity contribution in [1.29, 1.82) is 0 Å².